The molecule has 0 saturated heterocycles. The van der Waals surface area contributed by atoms with Gasteiger partial charge in [-0.1, -0.05) is 12.1 Å². The Balaban J connectivity index is 2.14. The number of aliphatic hydroxyl groups excluding tert-OH is 2. The number of ether oxygens (including phenoxy) is 1. The zero-order valence-corrected chi connectivity index (χ0v) is 11.3. The molecule has 3 rings (SSSR count). The van der Waals surface area contributed by atoms with E-state index in [4.69, 9.17) is 4.74 Å². The van der Waals surface area contributed by atoms with E-state index in [2.05, 4.69) is 0 Å². The fourth-order valence-corrected chi connectivity index (χ4v) is 2.40. The smallest absolute Gasteiger partial charge is 0.134 e. The van der Waals surface area contributed by atoms with Crippen molar-refractivity contribution in [2.24, 2.45) is 0 Å². The van der Waals surface area contributed by atoms with Crippen LogP contribution in [0.15, 0.2) is 36.4 Å². The number of hydrogen-bond acceptors (Lipinski definition) is 3. The Kier molecular flexibility index (Phi) is 3.30. The molecule has 0 aliphatic carbocycles. The molecule has 0 radical (unpaired) electrons. The summed E-state index contributed by atoms with van der Waals surface area (Å²) in [5.41, 5.74) is 4.73. The van der Waals surface area contributed by atoms with Gasteiger partial charge in [-0.2, -0.15) is 0 Å². The molecule has 2 aromatic rings. The van der Waals surface area contributed by atoms with Crippen LogP contribution in [-0.4, -0.2) is 10.2 Å². The highest BCUT2D eigenvalue weighted by molar-refractivity contribution is 5.86. The molecule has 0 unspecified atom stereocenters. The van der Waals surface area contributed by atoms with Crippen LogP contribution in [0.1, 0.15) is 29.2 Å². The molecule has 0 aromatic heterocycles. The summed E-state index contributed by atoms with van der Waals surface area (Å²) >= 11 is 0. The number of aliphatic hydroxyl groups is 2. The molecule has 1 aliphatic rings. The van der Waals surface area contributed by atoms with Crippen molar-refractivity contribution in [1.29, 1.82) is 0 Å². The van der Waals surface area contributed by atoms with E-state index >= 15 is 0 Å². The molecule has 1 heterocycles. The highest BCUT2D eigenvalue weighted by Gasteiger charge is 2.15. The molecule has 0 amide bonds. The molecule has 20 heavy (non-hydrogen) atoms. The fourth-order valence-electron chi connectivity index (χ4n) is 2.40. The number of fused-ring (bicyclic) bond motifs is 2. The van der Waals surface area contributed by atoms with Crippen LogP contribution < -0.4 is 4.74 Å². The van der Waals surface area contributed by atoms with Crippen molar-refractivity contribution in [3.63, 3.8) is 0 Å². The van der Waals surface area contributed by atoms with Crippen LogP contribution >= 0.6 is 0 Å². The van der Waals surface area contributed by atoms with Crippen LogP contribution in [0.5, 0.6) is 11.5 Å². The van der Waals surface area contributed by atoms with Gasteiger partial charge in [0.1, 0.15) is 11.5 Å². The monoisotopic (exact) mass is 268 g/mol. The molecule has 3 heteroatoms. The SMILES string of the molecule is CC1=Cc2cc(CO)ccc2Oc2ccc(CO)cc21. The highest BCUT2D eigenvalue weighted by Crippen LogP contribution is 2.38. The molecular formula is C17H16O3. The molecule has 0 spiro atoms. The minimum Gasteiger partial charge on any atom is -0.456 e. The summed E-state index contributed by atoms with van der Waals surface area (Å²) < 4.78 is 5.96. The van der Waals surface area contributed by atoms with Gasteiger partial charge < -0.3 is 14.9 Å². The Morgan fingerprint density at radius 1 is 0.900 bits per heavy atom. The van der Waals surface area contributed by atoms with Crippen molar-refractivity contribution in [1.82, 2.24) is 0 Å². The molecular weight excluding hydrogens is 252 g/mol. The first-order chi connectivity index (χ1) is 9.71. The molecule has 3 nitrogen and oxygen atoms in total. The molecule has 0 fully saturated rings. The first-order valence-corrected chi connectivity index (χ1v) is 6.55. The third-order valence-electron chi connectivity index (χ3n) is 3.50. The van der Waals surface area contributed by atoms with E-state index in [1.165, 1.54) is 0 Å². The Labute approximate surface area is 117 Å². The maximum atomic E-state index is 9.25. The predicted octanol–water partition coefficient (Wildman–Crippen LogP) is 3.34. The normalized spacial score (nSPS) is 12.8. The second kappa shape index (κ2) is 5.12. The standard InChI is InChI=1S/C17H16O3/c1-11-6-14-7-12(9-18)2-4-16(14)20-17-5-3-13(10-19)8-15(11)17/h2-8,18-19H,9-10H2,1H3. The van der Waals surface area contributed by atoms with Gasteiger partial charge in [0.05, 0.1) is 13.2 Å². The Morgan fingerprint density at radius 2 is 1.55 bits per heavy atom. The second-order valence-corrected chi connectivity index (χ2v) is 4.95. The third kappa shape index (κ3) is 2.22. The Bertz CT molecular complexity index is 687. The first kappa shape index (κ1) is 12.9. The minimum absolute atomic E-state index is 0.0157. The summed E-state index contributed by atoms with van der Waals surface area (Å²) in [6.07, 6.45) is 2.04. The van der Waals surface area contributed by atoms with Gasteiger partial charge in [-0.25, -0.2) is 0 Å². The van der Waals surface area contributed by atoms with Crippen molar-refractivity contribution in [3.05, 3.63) is 58.7 Å². The predicted molar refractivity (Wildman–Crippen MR) is 78.3 cm³/mol. The average molecular weight is 268 g/mol. The van der Waals surface area contributed by atoms with E-state index in [0.29, 0.717) is 0 Å². The average Bonchev–Trinajstić information content (AvgIpc) is 2.62. The molecule has 2 aromatic carbocycles. The summed E-state index contributed by atoms with van der Waals surface area (Å²) in [5.74, 6) is 1.56. The lowest BCUT2D eigenvalue weighted by atomic mass is 10.0. The molecule has 0 atom stereocenters. The molecule has 0 bridgehead atoms. The van der Waals surface area contributed by atoms with Crippen molar-refractivity contribution in [3.8, 4) is 11.5 Å². The van der Waals surface area contributed by atoms with E-state index < -0.39 is 0 Å². The maximum absolute atomic E-state index is 9.25. The van der Waals surface area contributed by atoms with Gasteiger partial charge in [-0.15, -0.1) is 0 Å². The van der Waals surface area contributed by atoms with Gasteiger partial charge in [0.25, 0.3) is 0 Å². The van der Waals surface area contributed by atoms with Gasteiger partial charge in [-0.3, -0.25) is 0 Å². The van der Waals surface area contributed by atoms with E-state index in [1.807, 2.05) is 49.4 Å². The van der Waals surface area contributed by atoms with Crippen LogP contribution in [-0.2, 0) is 13.2 Å². The summed E-state index contributed by atoms with van der Waals surface area (Å²) in [7, 11) is 0. The highest BCUT2D eigenvalue weighted by atomic mass is 16.5. The van der Waals surface area contributed by atoms with Gasteiger partial charge in [-0.05, 0) is 54.0 Å². The molecule has 0 saturated carbocycles. The number of allylic oxidation sites excluding steroid dienone is 1. The van der Waals surface area contributed by atoms with Crippen LogP contribution in [0.3, 0.4) is 0 Å². The maximum Gasteiger partial charge on any atom is 0.134 e. The summed E-state index contributed by atoms with van der Waals surface area (Å²) in [4.78, 5) is 0. The number of hydrogen-bond donors (Lipinski definition) is 2. The van der Waals surface area contributed by atoms with E-state index in [0.717, 1.165) is 39.3 Å². The Hall–Kier alpha value is -2.10. The largest absolute Gasteiger partial charge is 0.456 e. The van der Waals surface area contributed by atoms with Crippen LogP contribution in [0.25, 0.3) is 11.6 Å². The zero-order chi connectivity index (χ0) is 14.1. The van der Waals surface area contributed by atoms with Crippen molar-refractivity contribution >= 4 is 11.6 Å². The fraction of sp³-hybridized carbons (Fsp3) is 0.176. The second-order valence-electron chi connectivity index (χ2n) is 4.95. The van der Waals surface area contributed by atoms with E-state index in [9.17, 15) is 10.2 Å². The van der Waals surface area contributed by atoms with Crippen molar-refractivity contribution in [2.75, 3.05) is 0 Å². The molecule has 1 aliphatic heterocycles. The van der Waals surface area contributed by atoms with Gasteiger partial charge in [0, 0.05) is 11.1 Å². The quantitative estimate of drug-likeness (QED) is 0.878. The zero-order valence-electron chi connectivity index (χ0n) is 11.3. The topological polar surface area (TPSA) is 49.7 Å². The first-order valence-electron chi connectivity index (χ1n) is 6.55. The van der Waals surface area contributed by atoms with Gasteiger partial charge in [0.2, 0.25) is 0 Å². The lowest BCUT2D eigenvalue weighted by Crippen LogP contribution is -1.92. The molecule has 2 N–H and O–H groups in total. The van der Waals surface area contributed by atoms with Gasteiger partial charge >= 0.3 is 0 Å². The van der Waals surface area contributed by atoms with Crippen LogP contribution in [0.4, 0.5) is 0 Å². The summed E-state index contributed by atoms with van der Waals surface area (Å²) in [6.45, 7) is 2.05. The lowest BCUT2D eigenvalue weighted by molar-refractivity contribution is 0.281. The van der Waals surface area contributed by atoms with Crippen molar-refractivity contribution in [2.45, 2.75) is 20.1 Å². The lowest BCUT2D eigenvalue weighted by Gasteiger charge is -2.11. The number of rotatable bonds is 2. The van der Waals surface area contributed by atoms with Crippen molar-refractivity contribution < 1.29 is 14.9 Å². The summed E-state index contributed by atoms with van der Waals surface area (Å²) in [5, 5.41) is 18.5. The Morgan fingerprint density at radius 3 is 2.25 bits per heavy atom. The minimum atomic E-state index is 0.0157. The van der Waals surface area contributed by atoms with Crippen LogP contribution in [0, 0.1) is 0 Å². The third-order valence-corrected chi connectivity index (χ3v) is 3.50. The van der Waals surface area contributed by atoms with E-state index in [1.54, 1.807) is 0 Å². The summed E-state index contributed by atoms with van der Waals surface area (Å²) in [6, 6.07) is 11.3. The van der Waals surface area contributed by atoms with Crippen LogP contribution in [0.2, 0.25) is 0 Å². The molecule has 102 valence electrons. The van der Waals surface area contributed by atoms with E-state index in [-0.39, 0.29) is 13.2 Å². The van der Waals surface area contributed by atoms with Gasteiger partial charge in [0.15, 0.2) is 0 Å². The number of benzene rings is 2.